The molecule has 0 aliphatic carbocycles. The van der Waals surface area contributed by atoms with Crippen molar-refractivity contribution in [2.24, 2.45) is 5.92 Å². The first-order valence-electron chi connectivity index (χ1n) is 6.17. The summed E-state index contributed by atoms with van der Waals surface area (Å²) in [5.74, 6) is -1.27. The Morgan fingerprint density at radius 2 is 2.21 bits per heavy atom. The minimum absolute atomic E-state index is 0.0337. The molecule has 1 aromatic rings. The second kappa shape index (κ2) is 6.72. The molecule has 1 unspecified atom stereocenters. The van der Waals surface area contributed by atoms with Crippen LogP contribution in [0.5, 0.6) is 0 Å². The maximum absolute atomic E-state index is 11.0. The molecule has 0 saturated heterocycles. The van der Waals surface area contributed by atoms with Crippen molar-refractivity contribution in [1.82, 2.24) is 0 Å². The predicted molar refractivity (Wildman–Crippen MR) is 72.4 cm³/mol. The molecule has 104 valence electrons. The summed E-state index contributed by atoms with van der Waals surface area (Å²) in [5, 5.41) is 22.7. The van der Waals surface area contributed by atoms with Gasteiger partial charge >= 0.3 is 5.97 Å². The highest BCUT2D eigenvalue weighted by Gasteiger charge is 2.16. The number of nitro benzene ring substituents is 1. The van der Waals surface area contributed by atoms with Crippen LogP contribution in [0.4, 0.5) is 11.4 Å². The number of aryl methyl sites for hydroxylation is 1. The van der Waals surface area contributed by atoms with Crippen LogP contribution in [0.2, 0.25) is 0 Å². The third-order valence-corrected chi connectivity index (χ3v) is 2.95. The van der Waals surface area contributed by atoms with Gasteiger partial charge in [0, 0.05) is 24.4 Å². The SMILES string of the molecule is CCCC(CNc1ccc([N+](=O)[O-])cc1C)C(=O)O. The molecule has 1 rings (SSSR count). The summed E-state index contributed by atoms with van der Waals surface area (Å²) < 4.78 is 0. The number of aliphatic carboxylic acids is 1. The van der Waals surface area contributed by atoms with Crippen LogP contribution in [-0.2, 0) is 4.79 Å². The molecule has 0 aliphatic heterocycles. The number of carbonyl (C=O) groups is 1. The third kappa shape index (κ3) is 4.24. The average Bonchev–Trinajstić information content (AvgIpc) is 2.35. The van der Waals surface area contributed by atoms with E-state index >= 15 is 0 Å². The summed E-state index contributed by atoms with van der Waals surface area (Å²) >= 11 is 0. The lowest BCUT2D eigenvalue weighted by Gasteiger charge is -2.14. The Kier molecular flexibility index (Phi) is 5.29. The molecule has 0 aliphatic rings. The Morgan fingerprint density at radius 3 is 2.68 bits per heavy atom. The fourth-order valence-electron chi connectivity index (χ4n) is 1.85. The van der Waals surface area contributed by atoms with Gasteiger partial charge in [-0.15, -0.1) is 0 Å². The number of nitrogens with one attached hydrogen (secondary N) is 1. The maximum atomic E-state index is 11.0. The zero-order chi connectivity index (χ0) is 14.4. The summed E-state index contributed by atoms with van der Waals surface area (Å²) in [6, 6.07) is 4.49. The number of hydrogen-bond donors (Lipinski definition) is 2. The van der Waals surface area contributed by atoms with Gasteiger partial charge in [0.25, 0.3) is 5.69 Å². The lowest BCUT2D eigenvalue weighted by molar-refractivity contribution is -0.384. The van der Waals surface area contributed by atoms with Crippen molar-refractivity contribution in [2.45, 2.75) is 26.7 Å². The summed E-state index contributed by atoms with van der Waals surface area (Å²) in [6.07, 6.45) is 1.41. The second-order valence-electron chi connectivity index (χ2n) is 4.46. The molecule has 0 aromatic heterocycles. The quantitative estimate of drug-likeness (QED) is 0.584. The van der Waals surface area contributed by atoms with Crippen LogP contribution >= 0.6 is 0 Å². The van der Waals surface area contributed by atoms with Crippen LogP contribution in [0.25, 0.3) is 0 Å². The number of non-ortho nitro benzene ring substituents is 1. The summed E-state index contributed by atoms with van der Waals surface area (Å²) in [6.45, 7) is 4.01. The van der Waals surface area contributed by atoms with E-state index in [9.17, 15) is 14.9 Å². The number of hydrogen-bond acceptors (Lipinski definition) is 4. The Morgan fingerprint density at radius 1 is 1.53 bits per heavy atom. The molecule has 0 fully saturated rings. The molecule has 0 spiro atoms. The van der Waals surface area contributed by atoms with E-state index in [1.165, 1.54) is 12.1 Å². The van der Waals surface area contributed by atoms with E-state index in [0.717, 1.165) is 17.7 Å². The molecule has 1 atom stereocenters. The van der Waals surface area contributed by atoms with Gasteiger partial charge in [0.15, 0.2) is 0 Å². The first kappa shape index (κ1) is 14.9. The van der Waals surface area contributed by atoms with Gasteiger partial charge in [-0.3, -0.25) is 14.9 Å². The molecule has 0 bridgehead atoms. The van der Waals surface area contributed by atoms with Crippen molar-refractivity contribution >= 4 is 17.3 Å². The topological polar surface area (TPSA) is 92.5 Å². The van der Waals surface area contributed by atoms with E-state index in [2.05, 4.69) is 5.32 Å². The lowest BCUT2D eigenvalue weighted by Crippen LogP contribution is -2.23. The Hall–Kier alpha value is -2.11. The monoisotopic (exact) mass is 266 g/mol. The van der Waals surface area contributed by atoms with Crippen molar-refractivity contribution in [2.75, 3.05) is 11.9 Å². The van der Waals surface area contributed by atoms with Crippen molar-refractivity contribution in [1.29, 1.82) is 0 Å². The van der Waals surface area contributed by atoms with Gasteiger partial charge in [0.2, 0.25) is 0 Å². The molecule has 0 heterocycles. The maximum Gasteiger partial charge on any atom is 0.308 e. The van der Waals surface area contributed by atoms with Crippen LogP contribution in [0, 0.1) is 23.0 Å². The first-order chi connectivity index (χ1) is 8.95. The van der Waals surface area contributed by atoms with Crippen molar-refractivity contribution in [3.05, 3.63) is 33.9 Å². The van der Waals surface area contributed by atoms with E-state index < -0.39 is 16.8 Å². The van der Waals surface area contributed by atoms with E-state index in [1.54, 1.807) is 13.0 Å². The van der Waals surface area contributed by atoms with Crippen LogP contribution in [0.15, 0.2) is 18.2 Å². The molecule has 6 heteroatoms. The number of carboxylic acid groups (broad SMARTS) is 1. The van der Waals surface area contributed by atoms with Crippen molar-refractivity contribution in [3.63, 3.8) is 0 Å². The second-order valence-corrected chi connectivity index (χ2v) is 4.46. The third-order valence-electron chi connectivity index (χ3n) is 2.95. The largest absolute Gasteiger partial charge is 0.481 e. The van der Waals surface area contributed by atoms with Gasteiger partial charge in [-0.1, -0.05) is 13.3 Å². The minimum Gasteiger partial charge on any atom is -0.481 e. The van der Waals surface area contributed by atoms with Crippen molar-refractivity contribution < 1.29 is 14.8 Å². The molecule has 1 aromatic carbocycles. The zero-order valence-corrected chi connectivity index (χ0v) is 11.0. The highest BCUT2D eigenvalue weighted by atomic mass is 16.6. The molecule has 6 nitrogen and oxygen atoms in total. The lowest BCUT2D eigenvalue weighted by atomic mass is 10.0. The molecule has 2 N–H and O–H groups in total. The standard InChI is InChI=1S/C13H18N2O4/c1-3-4-10(13(16)17)8-14-12-6-5-11(15(18)19)7-9(12)2/h5-7,10,14H,3-4,8H2,1-2H3,(H,16,17). The number of nitrogens with zero attached hydrogens (tertiary/aromatic N) is 1. The van der Waals surface area contributed by atoms with E-state index in [0.29, 0.717) is 13.0 Å². The smallest absolute Gasteiger partial charge is 0.308 e. The summed E-state index contributed by atoms with van der Waals surface area (Å²) in [5.41, 5.74) is 1.49. The van der Waals surface area contributed by atoms with E-state index in [-0.39, 0.29) is 5.69 Å². The number of anilines is 1. The first-order valence-corrected chi connectivity index (χ1v) is 6.17. The van der Waals surface area contributed by atoms with Crippen LogP contribution in [0.1, 0.15) is 25.3 Å². The molecule has 0 saturated carbocycles. The Labute approximate surface area is 111 Å². The number of nitro groups is 1. The molecule has 0 radical (unpaired) electrons. The van der Waals surface area contributed by atoms with Crippen LogP contribution < -0.4 is 5.32 Å². The molecule has 0 amide bonds. The number of carboxylic acids is 1. The molecular formula is C13H18N2O4. The van der Waals surface area contributed by atoms with Gasteiger partial charge < -0.3 is 10.4 Å². The van der Waals surface area contributed by atoms with Gasteiger partial charge in [-0.05, 0) is 25.0 Å². The summed E-state index contributed by atoms with van der Waals surface area (Å²) in [7, 11) is 0. The normalized spacial score (nSPS) is 11.9. The van der Waals surface area contributed by atoms with E-state index in [4.69, 9.17) is 5.11 Å². The molecule has 19 heavy (non-hydrogen) atoms. The van der Waals surface area contributed by atoms with Gasteiger partial charge in [-0.25, -0.2) is 0 Å². The predicted octanol–water partition coefficient (Wildman–Crippen LogP) is 2.82. The fourth-order valence-corrected chi connectivity index (χ4v) is 1.85. The van der Waals surface area contributed by atoms with E-state index in [1.807, 2.05) is 6.92 Å². The van der Waals surface area contributed by atoms with Crippen molar-refractivity contribution in [3.8, 4) is 0 Å². The van der Waals surface area contributed by atoms with Crippen LogP contribution in [0.3, 0.4) is 0 Å². The van der Waals surface area contributed by atoms with Gasteiger partial charge in [-0.2, -0.15) is 0 Å². The highest BCUT2D eigenvalue weighted by molar-refractivity contribution is 5.71. The average molecular weight is 266 g/mol. The minimum atomic E-state index is -0.825. The highest BCUT2D eigenvalue weighted by Crippen LogP contribution is 2.21. The fraction of sp³-hybridized carbons (Fsp3) is 0.462. The Bertz CT molecular complexity index is 474. The molecular weight excluding hydrogens is 248 g/mol. The summed E-state index contributed by atoms with van der Waals surface area (Å²) in [4.78, 5) is 21.2. The Balaban J connectivity index is 2.72. The number of benzene rings is 1. The van der Waals surface area contributed by atoms with Gasteiger partial charge in [0.1, 0.15) is 0 Å². The number of rotatable bonds is 7. The zero-order valence-electron chi connectivity index (χ0n) is 11.0. The van der Waals surface area contributed by atoms with Crippen LogP contribution in [-0.4, -0.2) is 22.5 Å². The van der Waals surface area contributed by atoms with Gasteiger partial charge in [0.05, 0.1) is 10.8 Å².